The van der Waals surface area contributed by atoms with Gasteiger partial charge in [-0.05, 0) is 29.3 Å². The number of methoxy groups -OCH3 is 1. The van der Waals surface area contributed by atoms with Gasteiger partial charge in [0.1, 0.15) is 5.82 Å². The van der Waals surface area contributed by atoms with Gasteiger partial charge in [0.2, 0.25) is 5.88 Å². The van der Waals surface area contributed by atoms with Gasteiger partial charge in [-0.25, -0.2) is 9.37 Å². The van der Waals surface area contributed by atoms with Crippen LogP contribution in [0.1, 0.15) is 22.9 Å². The highest BCUT2D eigenvalue weighted by atomic mass is 35.5. The largest absolute Gasteiger partial charge is 0.481 e. The topological polar surface area (TPSA) is 81.4 Å². The molecule has 0 amide bonds. The molecule has 1 aromatic carbocycles. The first-order valence-corrected chi connectivity index (χ1v) is 8.29. The number of hydrogen-bond acceptors (Lipinski definition) is 6. The van der Waals surface area contributed by atoms with Gasteiger partial charge in [0.05, 0.1) is 31.2 Å². The summed E-state index contributed by atoms with van der Waals surface area (Å²) in [5.74, 6) is 0.198. The number of anilines is 1. The lowest BCUT2D eigenvalue weighted by Gasteiger charge is -2.24. The third kappa shape index (κ3) is 5.04. The first-order valence-electron chi connectivity index (χ1n) is 8.29. The van der Waals surface area contributed by atoms with Crippen molar-refractivity contribution in [3.05, 3.63) is 53.0 Å². The number of hydrogen-bond donors (Lipinski definition) is 3. The van der Waals surface area contributed by atoms with E-state index in [1.807, 2.05) is 12.1 Å². The van der Waals surface area contributed by atoms with Gasteiger partial charge in [-0.1, -0.05) is 6.07 Å². The number of morpholine rings is 1. The summed E-state index contributed by atoms with van der Waals surface area (Å²) < 4.78 is 25.2. The van der Waals surface area contributed by atoms with E-state index in [2.05, 4.69) is 15.6 Å². The van der Waals surface area contributed by atoms with E-state index in [9.17, 15) is 4.39 Å². The van der Waals surface area contributed by atoms with Crippen molar-refractivity contribution in [2.24, 2.45) is 5.73 Å². The molecule has 1 fully saturated rings. The number of rotatable bonds is 6. The van der Waals surface area contributed by atoms with Crippen LogP contribution in [0.2, 0.25) is 0 Å². The number of aromatic nitrogens is 1. The van der Waals surface area contributed by atoms with E-state index < -0.39 is 0 Å². The zero-order valence-electron chi connectivity index (χ0n) is 14.6. The van der Waals surface area contributed by atoms with Crippen molar-refractivity contribution < 1.29 is 13.9 Å². The van der Waals surface area contributed by atoms with Gasteiger partial charge in [0.25, 0.3) is 0 Å². The molecule has 0 radical (unpaired) electrons. The van der Waals surface area contributed by atoms with Crippen molar-refractivity contribution in [1.29, 1.82) is 0 Å². The zero-order valence-corrected chi connectivity index (χ0v) is 15.4. The SMILES string of the molecule is COc1cc(CNc2ccc([C@H]3CNCCO3)cc2F)cc(CN)n1.Cl. The molecule has 3 rings (SSSR count). The van der Waals surface area contributed by atoms with Gasteiger partial charge >= 0.3 is 0 Å². The maximum Gasteiger partial charge on any atom is 0.213 e. The summed E-state index contributed by atoms with van der Waals surface area (Å²) in [6.07, 6.45) is -0.103. The summed E-state index contributed by atoms with van der Waals surface area (Å²) in [6.45, 7) is 2.94. The van der Waals surface area contributed by atoms with Crippen molar-refractivity contribution in [1.82, 2.24) is 10.3 Å². The molecular formula is C18H24ClFN4O2. The van der Waals surface area contributed by atoms with Gasteiger partial charge in [0, 0.05) is 32.2 Å². The van der Waals surface area contributed by atoms with Gasteiger partial charge in [-0.15, -0.1) is 12.4 Å². The smallest absolute Gasteiger partial charge is 0.213 e. The fourth-order valence-electron chi connectivity index (χ4n) is 2.78. The van der Waals surface area contributed by atoms with E-state index in [0.717, 1.165) is 23.4 Å². The summed E-state index contributed by atoms with van der Waals surface area (Å²) in [5.41, 5.74) is 8.58. The van der Waals surface area contributed by atoms with Crippen LogP contribution in [0.4, 0.5) is 10.1 Å². The highest BCUT2D eigenvalue weighted by Gasteiger charge is 2.17. The molecule has 1 aromatic heterocycles. The lowest BCUT2D eigenvalue weighted by Crippen LogP contribution is -2.33. The number of nitrogens with zero attached hydrogens (tertiary/aromatic N) is 1. The predicted molar refractivity (Wildman–Crippen MR) is 101 cm³/mol. The minimum atomic E-state index is -0.299. The maximum atomic E-state index is 14.4. The number of ether oxygens (including phenoxy) is 2. The molecule has 2 aromatic rings. The summed E-state index contributed by atoms with van der Waals surface area (Å²) >= 11 is 0. The Hall–Kier alpha value is -1.93. The molecular weight excluding hydrogens is 359 g/mol. The van der Waals surface area contributed by atoms with Crippen LogP contribution < -0.4 is 21.1 Å². The van der Waals surface area contributed by atoms with E-state index >= 15 is 0 Å². The lowest BCUT2D eigenvalue weighted by molar-refractivity contribution is 0.0275. The molecule has 26 heavy (non-hydrogen) atoms. The normalized spacial score (nSPS) is 16.7. The van der Waals surface area contributed by atoms with Crippen molar-refractivity contribution in [3.63, 3.8) is 0 Å². The molecule has 1 aliphatic rings. The molecule has 0 spiro atoms. The van der Waals surface area contributed by atoms with E-state index in [1.165, 1.54) is 6.07 Å². The summed E-state index contributed by atoms with van der Waals surface area (Å²) in [4.78, 5) is 4.24. The molecule has 1 aliphatic heterocycles. The molecule has 0 saturated carbocycles. The number of pyridine rings is 1. The minimum absolute atomic E-state index is 0. The Morgan fingerprint density at radius 1 is 1.38 bits per heavy atom. The van der Waals surface area contributed by atoms with Crippen LogP contribution in [0.15, 0.2) is 30.3 Å². The highest BCUT2D eigenvalue weighted by molar-refractivity contribution is 5.85. The predicted octanol–water partition coefficient (Wildman–Crippen LogP) is 2.38. The van der Waals surface area contributed by atoms with Crippen molar-refractivity contribution >= 4 is 18.1 Å². The van der Waals surface area contributed by atoms with E-state index in [1.54, 1.807) is 19.2 Å². The van der Waals surface area contributed by atoms with E-state index in [4.69, 9.17) is 15.2 Å². The second-order valence-electron chi connectivity index (χ2n) is 5.87. The average Bonchev–Trinajstić information content (AvgIpc) is 2.67. The zero-order chi connectivity index (χ0) is 17.6. The number of nitrogens with one attached hydrogen (secondary N) is 2. The van der Waals surface area contributed by atoms with Gasteiger partial charge in [0.15, 0.2) is 0 Å². The van der Waals surface area contributed by atoms with E-state index in [-0.39, 0.29) is 24.3 Å². The van der Waals surface area contributed by atoms with Crippen LogP contribution in [-0.2, 0) is 17.8 Å². The van der Waals surface area contributed by atoms with Gasteiger partial charge in [-0.2, -0.15) is 0 Å². The van der Waals surface area contributed by atoms with Gasteiger partial charge in [-0.3, -0.25) is 0 Å². The van der Waals surface area contributed by atoms with Crippen LogP contribution in [0.3, 0.4) is 0 Å². The third-order valence-corrected chi connectivity index (χ3v) is 4.11. The maximum absolute atomic E-state index is 14.4. The first kappa shape index (κ1) is 20.4. The Labute approximate surface area is 158 Å². The standard InChI is InChI=1S/C18H23FN4O2.ClH/c1-24-18-7-12(6-14(9-20)23-18)10-22-16-3-2-13(8-15(16)19)17-11-21-4-5-25-17;/h2-3,6-8,17,21-22H,4-5,9-11,20H2,1H3;1H/t17-;/m1./s1. The van der Waals surface area contributed by atoms with Crippen LogP contribution in [0.25, 0.3) is 0 Å². The second kappa shape index (κ2) is 9.68. The molecule has 1 saturated heterocycles. The fourth-order valence-corrected chi connectivity index (χ4v) is 2.78. The van der Waals surface area contributed by atoms with Crippen LogP contribution in [0.5, 0.6) is 5.88 Å². The Morgan fingerprint density at radius 2 is 2.23 bits per heavy atom. The lowest BCUT2D eigenvalue weighted by atomic mass is 10.1. The molecule has 0 bridgehead atoms. The van der Waals surface area contributed by atoms with E-state index in [0.29, 0.717) is 37.8 Å². The summed E-state index contributed by atoms with van der Waals surface area (Å²) in [7, 11) is 1.56. The van der Waals surface area contributed by atoms with Crippen LogP contribution in [0, 0.1) is 5.82 Å². The molecule has 8 heteroatoms. The summed E-state index contributed by atoms with van der Waals surface area (Å²) in [6, 6.07) is 8.84. The average molecular weight is 383 g/mol. The quantitative estimate of drug-likeness (QED) is 0.711. The Bertz CT molecular complexity index is 704. The monoisotopic (exact) mass is 382 g/mol. The van der Waals surface area contributed by atoms with Gasteiger partial charge < -0.3 is 25.8 Å². The van der Waals surface area contributed by atoms with Crippen molar-refractivity contribution in [2.75, 3.05) is 32.1 Å². The highest BCUT2D eigenvalue weighted by Crippen LogP contribution is 2.24. The molecule has 0 unspecified atom stereocenters. The molecule has 6 nitrogen and oxygen atoms in total. The number of benzene rings is 1. The first-order chi connectivity index (χ1) is 12.2. The number of halogens is 2. The molecule has 0 aliphatic carbocycles. The second-order valence-corrected chi connectivity index (χ2v) is 5.87. The van der Waals surface area contributed by atoms with Crippen molar-refractivity contribution in [2.45, 2.75) is 19.2 Å². The van der Waals surface area contributed by atoms with Crippen molar-refractivity contribution in [3.8, 4) is 5.88 Å². The molecule has 2 heterocycles. The fraction of sp³-hybridized carbons (Fsp3) is 0.389. The molecule has 1 atom stereocenters. The number of nitrogens with two attached hydrogens (primary N) is 1. The minimum Gasteiger partial charge on any atom is -0.481 e. The summed E-state index contributed by atoms with van der Waals surface area (Å²) in [5, 5.41) is 6.35. The van der Waals surface area contributed by atoms with Crippen LogP contribution >= 0.6 is 12.4 Å². The third-order valence-electron chi connectivity index (χ3n) is 4.11. The molecule has 142 valence electrons. The Balaban J connectivity index is 0.00000243. The Morgan fingerprint density at radius 3 is 2.88 bits per heavy atom. The van der Waals surface area contributed by atoms with Crippen LogP contribution in [-0.4, -0.2) is 31.8 Å². The Kier molecular flexibility index (Phi) is 7.59. The molecule has 4 N–H and O–H groups in total.